The highest BCUT2D eigenvalue weighted by atomic mass is 32.2. The minimum atomic E-state index is -0.894. The molecule has 0 saturated carbocycles. The van der Waals surface area contributed by atoms with Crippen molar-refractivity contribution in [3.05, 3.63) is 139 Å². The van der Waals surface area contributed by atoms with Crippen molar-refractivity contribution in [2.24, 2.45) is 0 Å². The molecule has 4 aromatic rings. The summed E-state index contributed by atoms with van der Waals surface area (Å²) in [6, 6.07) is 24.4. The van der Waals surface area contributed by atoms with Crippen LogP contribution in [0, 0.1) is 28.8 Å². The maximum Gasteiger partial charge on any atom is 0.193 e. The highest BCUT2D eigenvalue weighted by Crippen LogP contribution is 2.30. The van der Waals surface area contributed by atoms with Gasteiger partial charge in [-0.3, -0.25) is 9.59 Å². The van der Waals surface area contributed by atoms with E-state index in [1.54, 1.807) is 24.3 Å². The fourth-order valence-electron chi connectivity index (χ4n) is 5.22. The molecule has 0 bridgehead atoms. The van der Waals surface area contributed by atoms with Crippen molar-refractivity contribution in [2.75, 3.05) is 0 Å². The lowest BCUT2D eigenvalue weighted by Crippen LogP contribution is -1.93. The SMILES string of the molecule is C=C(C#N)/C(F)=C\C(=C)c1ccc(-c2ccc(SC(=O)CCCCCCCCCC(=O)Sc3ccc(-c4ccc(F)c(F)c4)cc3)cc2)cc1F. The van der Waals surface area contributed by atoms with E-state index in [0.29, 0.717) is 24.0 Å². The van der Waals surface area contributed by atoms with Crippen LogP contribution >= 0.6 is 23.5 Å². The van der Waals surface area contributed by atoms with Gasteiger partial charge in [0.15, 0.2) is 21.9 Å². The Morgan fingerprint density at radius 1 is 0.608 bits per heavy atom. The third kappa shape index (κ3) is 12.3. The highest BCUT2D eigenvalue weighted by molar-refractivity contribution is 8.13. The number of nitrogens with zero attached hydrogens (tertiary/aromatic N) is 1. The molecule has 51 heavy (non-hydrogen) atoms. The molecule has 0 saturated heterocycles. The Hall–Kier alpha value is -4.65. The van der Waals surface area contributed by atoms with Crippen molar-refractivity contribution in [1.82, 2.24) is 0 Å². The number of hydrogen-bond acceptors (Lipinski definition) is 5. The zero-order valence-corrected chi connectivity index (χ0v) is 29.7. The van der Waals surface area contributed by atoms with Gasteiger partial charge in [0, 0.05) is 28.2 Å². The number of carbonyl (C=O) groups is 2. The van der Waals surface area contributed by atoms with E-state index in [1.807, 2.05) is 36.4 Å². The van der Waals surface area contributed by atoms with Gasteiger partial charge in [-0.25, -0.2) is 17.6 Å². The Kier molecular flexibility index (Phi) is 15.1. The van der Waals surface area contributed by atoms with Crippen LogP contribution in [0.25, 0.3) is 27.8 Å². The lowest BCUT2D eigenvalue weighted by molar-refractivity contribution is -0.111. The molecule has 0 spiro atoms. The first-order valence-electron chi connectivity index (χ1n) is 16.6. The van der Waals surface area contributed by atoms with E-state index >= 15 is 0 Å². The summed E-state index contributed by atoms with van der Waals surface area (Å²) in [7, 11) is 0. The van der Waals surface area contributed by atoms with E-state index in [-0.39, 0.29) is 26.9 Å². The van der Waals surface area contributed by atoms with Gasteiger partial charge in [0.1, 0.15) is 17.7 Å². The third-order valence-electron chi connectivity index (χ3n) is 8.06. The maximum atomic E-state index is 14.8. The predicted molar refractivity (Wildman–Crippen MR) is 200 cm³/mol. The summed E-state index contributed by atoms with van der Waals surface area (Å²) in [5.74, 6) is -3.22. The number of allylic oxidation sites excluding steroid dienone is 4. The van der Waals surface area contributed by atoms with Crippen LogP contribution < -0.4 is 0 Å². The molecule has 262 valence electrons. The Bertz CT molecular complexity index is 1950. The van der Waals surface area contributed by atoms with Crippen molar-refractivity contribution in [3.63, 3.8) is 0 Å². The molecule has 0 fully saturated rings. The molecule has 0 aromatic heterocycles. The van der Waals surface area contributed by atoms with E-state index < -0.39 is 23.3 Å². The van der Waals surface area contributed by atoms with Crippen molar-refractivity contribution < 1.29 is 27.2 Å². The number of nitriles is 1. The largest absolute Gasteiger partial charge is 0.287 e. The fourth-order valence-corrected chi connectivity index (χ4v) is 6.78. The molecule has 9 heteroatoms. The number of carbonyl (C=O) groups excluding carboxylic acids is 2. The molecule has 0 unspecified atom stereocenters. The Balaban J connectivity index is 1.07. The maximum absolute atomic E-state index is 14.8. The number of benzene rings is 4. The van der Waals surface area contributed by atoms with Crippen molar-refractivity contribution in [1.29, 1.82) is 5.26 Å². The summed E-state index contributed by atoms with van der Waals surface area (Å²) in [6.07, 6.45) is 8.63. The van der Waals surface area contributed by atoms with Crippen LogP contribution in [-0.4, -0.2) is 10.2 Å². The van der Waals surface area contributed by atoms with Gasteiger partial charge >= 0.3 is 0 Å². The quantitative estimate of drug-likeness (QED) is 0.0356. The number of rotatable bonds is 17. The first-order valence-corrected chi connectivity index (χ1v) is 18.2. The Morgan fingerprint density at radius 2 is 1.04 bits per heavy atom. The van der Waals surface area contributed by atoms with E-state index in [2.05, 4.69) is 13.2 Å². The van der Waals surface area contributed by atoms with Crippen molar-refractivity contribution in [3.8, 4) is 28.3 Å². The van der Waals surface area contributed by atoms with Crippen molar-refractivity contribution >= 4 is 39.3 Å². The second-order valence-corrected chi connectivity index (χ2v) is 14.2. The second kappa shape index (κ2) is 19.7. The molecule has 0 aliphatic carbocycles. The summed E-state index contributed by atoms with van der Waals surface area (Å²) in [4.78, 5) is 26.5. The smallest absolute Gasteiger partial charge is 0.193 e. The van der Waals surface area contributed by atoms with E-state index in [4.69, 9.17) is 5.26 Å². The van der Waals surface area contributed by atoms with Gasteiger partial charge in [-0.1, -0.05) is 111 Å². The molecule has 3 nitrogen and oxygen atoms in total. The first kappa shape index (κ1) is 39.1. The molecule has 4 rings (SSSR count). The molecule has 0 N–H and O–H groups in total. The first-order chi connectivity index (χ1) is 24.5. The number of thioether (sulfide) groups is 2. The Morgan fingerprint density at radius 3 is 1.49 bits per heavy atom. The summed E-state index contributed by atoms with van der Waals surface area (Å²) in [5.41, 5.74) is 2.56. The summed E-state index contributed by atoms with van der Waals surface area (Å²) in [6.45, 7) is 6.99. The van der Waals surface area contributed by atoms with Gasteiger partial charge in [0.2, 0.25) is 0 Å². The average molecular weight is 728 g/mol. The van der Waals surface area contributed by atoms with E-state index in [0.717, 1.165) is 84.1 Å². The van der Waals surface area contributed by atoms with Crippen LogP contribution in [0.4, 0.5) is 17.6 Å². The molecule has 0 aliphatic heterocycles. The van der Waals surface area contributed by atoms with Gasteiger partial charge in [-0.2, -0.15) is 5.26 Å². The van der Waals surface area contributed by atoms with Crippen LogP contribution in [0.15, 0.2) is 125 Å². The summed E-state index contributed by atoms with van der Waals surface area (Å²) in [5, 5.41) is 8.95. The highest BCUT2D eigenvalue weighted by Gasteiger charge is 2.11. The summed E-state index contributed by atoms with van der Waals surface area (Å²) >= 11 is 2.38. The third-order valence-corrected chi connectivity index (χ3v) is 9.94. The minimum Gasteiger partial charge on any atom is -0.287 e. The van der Waals surface area contributed by atoms with Gasteiger partial charge in [0.05, 0.1) is 5.57 Å². The lowest BCUT2D eigenvalue weighted by Gasteiger charge is -2.08. The van der Waals surface area contributed by atoms with Crippen molar-refractivity contribution in [2.45, 2.75) is 67.6 Å². The van der Waals surface area contributed by atoms with Gasteiger partial charge in [0.25, 0.3) is 0 Å². The monoisotopic (exact) mass is 727 g/mol. The van der Waals surface area contributed by atoms with Gasteiger partial charge < -0.3 is 0 Å². The standard InChI is InChI=1S/C42H37F4NO2S2/c1-28(24-38(44)29(2)27-47)36-22-16-32(25-39(36)45)30-12-18-34(19-13-30)50-41(48)10-8-6-4-3-5-7-9-11-42(49)51-35-20-14-31(15-21-35)33-17-23-37(43)40(46)26-33/h12-26H,1-11H2/b38-24+. The van der Waals surface area contributed by atoms with E-state index in [1.165, 1.54) is 41.7 Å². The van der Waals surface area contributed by atoms with Crippen LogP contribution in [0.3, 0.4) is 0 Å². The fraction of sp³-hybridized carbons (Fsp3) is 0.214. The molecule has 4 aromatic carbocycles. The zero-order chi connectivity index (χ0) is 36.8. The Labute approximate surface area is 305 Å². The van der Waals surface area contributed by atoms with Gasteiger partial charge in [-0.15, -0.1) is 0 Å². The normalized spacial score (nSPS) is 11.2. The number of hydrogen-bond donors (Lipinski definition) is 0. The molecule has 0 heterocycles. The molecule has 0 amide bonds. The molecular formula is C42H37F4NO2S2. The summed E-state index contributed by atoms with van der Waals surface area (Å²) < 4.78 is 55.4. The van der Waals surface area contributed by atoms with Crippen LogP contribution in [-0.2, 0) is 9.59 Å². The van der Waals surface area contributed by atoms with Gasteiger partial charge in [-0.05, 0) is 89.2 Å². The van der Waals surface area contributed by atoms with E-state index in [9.17, 15) is 27.2 Å². The van der Waals surface area contributed by atoms with Crippen LogP contribution in [0.1, 0.15) is 63.4 Å². The molecule has 0 aliphatic rings. The predicted octanol–water partition coefficient (Wildman–Crippen LogP) is 12.8. The second-order valence-electron chi connectivity index (χ2n) is 11.9. The number of unbranched alkanes of at least 4 members (excludes halogenated alkanes) is 6. The topological polar surface area (TPSA) is 57.9 Å². The average Bonchev–Trinajstić information content (AvgIpc) is 3.12. The molecule has 0 radical (unpaired) electrons. The minimum absolute atomic E-state index is 0.0878. The lowest BCUT2D eigenvalue weighted by atomic mass is 9.99. The van der Waals surface area contributed by atoms with Crippen LogP contribution in [0.2, 0.25) is 0 Å². The molecule has 0 atom stereocenters. The molecular weight excluding hydrogens is 691 g/mol. The zero-order valence-electron chi connectivity index (χ0n) is 28.0. The van der Waals surface area contributed by atoms with Crippen LogP contribution in [0.5, 0.6) is 0 Å². The number of halogens is 4.